The number of fused-ring (bicyclic) bond motifs is 1. The predicted molar refractivity (Wildman–Crippen MR) is 212 cm³/mol. The van der Waals surface area contributed by atoms with Gasteiger partial charge in [0.15, 0.2) is 29.8 Å². The highest BCUT2D eigenvalue weighted by molar-refractivity contribution is 8.76. The van der Waals surface area contributed by atoms with Crippen molar-refractivity contribution in [2.45, 2.75) is 108 Å². The number of aliphatic hydroxyl groups is 5. The Hall–Kier alpha value is -2.14. The maximum atomic E-state index is 11.7. The van der Waals surface area contributed by atoms with E-state index in [1.807, 2.05) is 13.1 Å². The van der Waals surface area contributed by atoms with Crippen LogP contribution in [0.25, 0.3) is 0 Å². The molecule has 1 fully saturated rings. The first kappa shape index (κ1) is 44.6. The van der Waals surface area contributed by atoms with Crippen LogP contribution in [0.2, 0.25) is 0 Å². The van der Waals surface area contributed by atoms with Crippen LogP contribution < -0.4 is 19.5 Å². The Labute approximate surface area is 328 Å². The molecule has 0 bridgehead atoms. The summed E-state index contributed by atoms with van der Waals surface area (Å²) in [5, 5.41) is 77.5. The Morgan fingerprint density at radius 2 is 1.65 bits per heavy atom. The van der Waals surface area contributed by atoms with E-state index in [1.165, 1.54) is 41.2 Å². The van der Waals surface area contributed by atoms with Crippen molar-refractivity contribution in [3.63, 3.8) is 0 Å². The second-order valence-corrected chi connectivity index (χ2v) is 17.7. The van der Waals surface area contributed by atoms with Crippen LogP contribution in [0.1, 0.15) is 87.2 Å². The highest BCUT2D eigenvalue weighted by Crippen LogP contribution is 2.47. The second-order valence-electron chi connectivity index (χ2n) is 15.1. The summed E-state index contributed by atoms with van der Waals surface area (Å²) >= 11 is 0. The quantitative estimate of drug-likeness (QED) is 0.0806. The van der Waals surface area contributed by atoms with Crippen LogP contribution in [0.4, 0.5) is 0 Å². The van der Waals surface area contributed by atoms with Crippen LogP contribution in [0, 0.1) is 23.7 Å². The molecule has 1 heterocycles. The zero-order chi connectivity index (χ0) is 39.2. The van der Waals surface area contributed by atoms with Crippen molar-refractivity contribution in [2.24, 2.45) is 23.7 Å². The summed E-state index contributed by atoms with van der Waals surface area (Å²) in [6.45, 7) is 4.21. The van der Waals surface area contributed by atoms with Gasteiger partial charge in [0, 0.05) is 23.5 Å². The van der Waals surface area contributed by atoms with Crippen molar-refractivity contribution >= 4 is 21.6 Å². The Kier molecular flexibility index (Phi) is 18.6. The van der Waals surface area contributed by atoms with E-state index in [0.29, 0.717) is 48.3 Å². The molecule has 0 radical (unpaired) electrons. The number of rotatable bonds is 16. The molecule has 2 aromatic carbocycles. The van der Waals surface area contributed by atoms with Crippen LogP contribution in [0.3, 0.4) is 0 Å². The molecule has 0 spiro atoms. The predicted octanol–water partition coefficient (Wildman–Crippen LogP) is 5.31. The van der Waals surface area contributed by atoms with Gasteiger partial charge >= 0.3 is 0 Å². The highest BCUT2D eigenvalue weighted by atomic mass is 33.1. The molecule has 306 valence electrons. The number of benzene rings is 2. The summed E-state index contributed by atoms with van der Waals surface area (Å²) < 4.78 is 22.9. The topological polar surface area (TPSA) is 191 Å². The molecule has 0 saturated heterocycles. The fourth-order valence-corrected chi connectivity index (χ4v) is 10.9. The fourth-order valence-electron chi connectivity index (χ4n) is 7.95. The number of nitrogens with one attached hydrogen (secondary N) is 1. The number of hydrogen-bond acceptors (Lipinski definition) is 14. The molecule has 2 aromatic rings. The van der Waals surface area contributed by atoms with Gasteiger partial charge in [-0.2, -0.15) is 0 Å². The molecule has 14 heteroatoms. The van der Waals surface area contributed by atoms with Crippen molar-refractivity contribution in [1.82, 2.24) is 5.32 Å². The van der Waals surface area contributed by atoms with Crippen LogP contribution >= 0.6 is 21.6 Å². The zero-order valence-corrected chi connectivity index (χ0v) is 33.8. The van der Waals surface area contributed by atoms with E-state index >= 15 is 0 Å². The monoisotopic (exact) mass is 797 g/mol. The maximum absolute atomic E-state index is 11.7. The van der Waals surface area contributed by atoms with Crippen LogP contribution in [-0.4, -0.2) is 107 Å². The molecule has 12 nitrogen and oxygen atoms in total. The summed E-state index contributed by atoms with van der Waals surface area (Å²) in [4.78, 5) is 0. The number of phenolic OH excluding ortho intramolecular Hbond substituents is 2. The molecule has 8 atom stereocenters. The lowest BCUT2D eigenvalue weighted by molar-refractivity contribution is -0.0808. The van der Waals surface area contributed by atoms with Gasteiger partial charge in [-0.25, -0.2) is 0 Å². The van der Waals surface area contributed by atoms with Gasteiger partial charge in [-0.15, -0.1) is 0 Å². The van der Waals surface area contributed by atoms with Crippen molar-refractivity contribution in [3.8, 4) is 28.7 Å². The number of hydrogen-bond donors (Lipinski definition) is 8. The van der Waals surface area contributed by atoms with Gasteiger partial charge in [-0.3, -0.25) is 0 Å². The third-order valence-electron chi connectivity index (χ3n) is 10.9. The molecule has 4 rings (SSSR count). The number of aliphatic hydroxyl groups excluding tert-OH is 5. The summed E-state index contributed by atoms with van der Waals surface area (Å²) in [7, 11) is 6.33. The highest BCUT2D eigenvalue weighted by Gasteiger charge is 2.34. The molecule has 1 aliphatic carbocycles. The third kappa shape index (κ3) is 12.7. The second kappa shape index (κ2) is 22.6. The molecule has 1 aliphatic heterocycles. The fraction of sp³-hybridized carbons (Fsp3) is 0.700. The summed E-state index contributed by atoms with van der Waals surface area (Å²) in [6, 6.07) is 6.81. The van der Waals surface area contributed by atoms with Gasteiger partial charge < -0.3 is 60.0 Å². The minimum absolute atomic E-state index is 0.00974. The number of phenols is 2. The lowest BCUT2D eigenvalue weighted by Crippen LogP contribution is -2.38. The van der Waals surface area contributed by atoms with E-state index in [9.17, 15) is 35.7 Å². The van der Waals surface area contributed by atoms with Crippen molar-refractivity contribution in [3.05, 3.63) is 41.0 Å². The molecule has 0 unspecified atom stereocenters. The van der Waals surface area contributed by atoms with Gasteiger partial charge in [-0.05, 0) is 130 Å². The first-order valence-electron chi connectivity index (χ1n) is 19.3. The van der Waals surface area contributed by atoms with E-state index in [4.69, 9.17) is 18.9 Å². The van der Waals surface area contributed by atoms with Gasteiger partial charge in [0.25, 0.3) is 0 Å². The normalized spacial score (nSPS) is 27.0. The van der Waals surface area contributed by atoms with E-state index in [1.54, 1.807) is 12.1 Å². The van der Waals surface area contributed by atoms with Crippen molar-refractivity contribution in [2.75, 3.05) is 46.6 Å². The summed E-state index contributed by atoms with van der Waals surface area (Å²) in [5.74, 6) is 1.66. The Morgan fingerprint density at radius 1 is 0.870 bits per heavy atom. The van der Waals surface area contributed by atoms with Crippen LogP contribution in [0.15, 0.2) is 24.3 Å². The summed E-state index contributed by atoms with van der Waals surface area (Å²) in [6.07, 6.45) is 4.21. The van der Waals surface area contributed by atoms with Crippen molar-refractivity contribution < 1.29 is 54.7 Å². The minimum atomic E-state index is -1.04. The lowest BCUT2D eigenvalue weighted by atomic mass is 9.75. The Morgan fingerprint density at radius 3 is 2.33 bits per heavy atom. The smallest absolute Gasteiger partial charge is 0.200 e. The maximum Gasteiger partial charge on any atom is 0.200 e. The largest absolute Gasteiger partial charge is 0.504 e. The Bertz CT molecular complexity index is 1420. The molecular weight excluding hydrogens is 735 g/mol. The van der Waals surface area contributed by atoms with E-state index in [0.717, 1.165) is 43.4 Å². The summed E-state index contributed by atoms with van der Waals surface area (Å²) in [5.41, 5.74) is 2.40. The molecule has 54 heavy (non-hydrogen) atoms. The SMILES string of the molecule is CNC[C@@H]1CC[C@@H](Oc2cc3c(cc2O)[C@H](CCO)SSC[C@@H](O)[C@@H](Cc2cc(OC)c(O)c(OCO)c2)[C@H](O)C[C@@H](OCO)CC3)C[C@H]1CCC(C)C. The molecule has 8 N–H and O–H groups in total. The van der Waals surface area contributed by atoms with Crippen molar-refractivity contribution in [1.29, 1.82) is 0 Å². The van der Waals surface area contributed by atoms with Crippen LogP contribution in [0.5, 0.6) is 28.7 Å². The Balaban J connectivity index is 1.61. The lowest BCUT2D eigenvalue weighted by Gasteiger charge is -2.37. The average molecular weight is 798 g/mol. The molecule has 0 aromatic heterocycles. The number of methoxy groups -OCH3 is 1. The standard InChI is InChI=1S/C40H63NO11S2/c1-24(2)5-6-26-16-30(10-8-28(26)20-41-3)52-36-17-27-7-9-29(50-22-43)18-33(45)32(13-25-14-37(49-4)40(48)38(15-25)51-23-44)35(47)21-53-54-39(11-12-42)31(27)19-34(36)46/h14-15,17,19,24,26,28-30,32-33,35,39,41-48H,5-13,16,18,20-23H2,1-4H3/t26-,28+,29+,30-,32+,33-,35-,39+/m1/s1. The van der Waals surface area contributed by atoms with Gasteiger partial charge in [0.1, 0.15) is 6.79 Å². The minimum Gasteiger partial charge on any atom is -0.504 e. The number of aromatic hydroxyl groups is 2. The number of aryl methyl sites for hydroxylation is 1. The van der Waals surface area contributed by atoms with E-state index < -0.39 is 37.8 Å². The van der Waals surface area contributed by atoms with Gasteiger partial charge in [0.2, 0.25) is 5.75 Å². The van der Waals surface area contributed by atoms with Gasteiger partial charge in [0.05, 0.1) is 31.5 Å². The van der Waals surface area contributed by atoms with E-state index in [-0.39, 0.29) is 59.6 Å². The molecule has 0 amide bonds. The zero-order valence-electron chi connectivity index (χ0n) is 32.2. The first-order valence-corrected chi connectivity index (χ1v) is 21.7. The number of ether oxygens (including phenoxy) is 4. The molecule has 2 aliphatic rings. The van der Waals surface area contributed by atoms with Gasteiger partial charge in [-0.1, -0.05) is 41.9 Å². The van der Waals surface area contributed by atoms with E-state index in [2.05, 4.69) is 19.2 Å². The third-order valence-corrected chi connectivity index (χ3v) is 13.7. The first-order chi connectivity index (χ1) is 26.0. The van der Waals surface area contributed by atoms with Crippen LogP contribution in [-0.2, 0) is 17.6 Å². The molecule has 1 saturated carbocycles. The molecular formula is C40H63NO11S2. The average Bonchev–Trinajstić information content (AvgIpc) is 3.14.